The fourth-order valence-corrected chi connectivity index (χ4v) is 2.50. The van der Waals surface area contributed by atoms with E-state index in [4.69, 9.17) is 10.5 Å². The Morgan fingerprint density at radius 1 is 1.47 bits per heavy atom. The Balaban J connectivity index is 1.95. The number of halogens is 1. The fourth-order valence-electron chi connectivity index (χ4n) is 1.74. The van der Waals surface area contributed by atoms with Gasteiger partial charge < -0.3 is 10.5 Å². The van der Waals surface area contributed by atoms with Crippen molar-refractivity contribution in [3.05, 3.63) is 45.7 Å². The molecule has 0 aliphatic carbocycles. The Morgan fingerprint density at radius 2 is 2.26 bits per heavy atom. The zero-order valence-corrected chi connectivity index (χ0v) is 11.8. The first kappa shape index (κ1) is 14.0. The van der Waals surface area contributed by atoms with Gasteiger partial charge in [-0.3, -0.25) is 0 Å². The highest BCUT2D eigenvalue weighted by Crippen LogP contribution is 2.21. The van der Waals surface area contributed by atoms with Gasteiger partial charge in [0.05, 0.1) is 17.8 Å². The molecule has 0 fully saturated rings. The molecule has 0 aliphatic rings. The van der Waals surface area contributed by atoms with E-state index in [1.54, 1.807) is 23.5 Å². The first-order valence-corrected chi connectivity index (χ1v) is 7.02. The van der Waals surface area contributed by atoms with Crippen LogP contribution in [0.1, 0.15) is 29.1 Å². The molecule has 2 N–H and O–H groups in total. The third kappa shape index (κ3) is 3.52. The lowest BCUT2D eigenvalue weighted by molar-refractivity contribution is 0.305. The second kappa shape index (κ2) is 6.12. The van der Waals surface area contributed by atoms with Crippen molar-refractivity contribution < 1.29 is 9.13 Å². The summed E-state index contributed by atoms with van der Waals surface area (Å²) >= 11 is 1.59. The van der Waals surface area contributed by atoms with E-state index >= 15 is 0 Å². The molecule has 0 radical (unpaired) electrons. The normalized spacial score (nSPS) is 12.4. The number of aryl methyl sites for hydroxylation is 1. The largest absolute Gasteiger partial charge is 0.490 e. The van der Waals surface area contributed by atoms with Gasteiger partial charge in [-0.05, 0) is 31.5 Å². The van der Waals surface area contributed by atoms with Crippen LogP contribution in [0.4, 0.5) is 4.39 Å². The predicted molar refractivity (Wildman–Crippen MR) is 75.1 cm³/mol. The maximum Gasteiger partial charge on any atom is 0.165 e. The molecule has 0 aliphatic heterocycles. The van der Waals surface area contributed by atoms with Crippen molar-refractivity contribution in [3.63, 3.8) is 0 Å². The molecule has 0 bridgehead atoms. The van der Waals surface area contributed by atoms with Crippen LogP contribution in [-0.2, 0) is 6.42 Å². The van der Waals surface area contributed by atoms with Crippen LogP contribution in [0, 0.1) is 12.7 Å². The third-order valence-electron chi connectivity index (χ3n) is 2.91. The third-order valence-corrected chi connectivity index (χ3v) is 3.91. The van der Waals surface area contributed by atoms with Crippen molar-refractivity contribution in [1.82, 2.24) is 4.98 Å². The first-order valence-electron chi connectivity index (χ1n) is 6.14. The number of nitrogens with zero attached hydrogens (tertiary/aromatic N) is 1. The molecule has 0 amide bonds. The molecule has 2 aromatic rings. The number of nitrogens with two attached hydrogens (primary N) is 1. The molecule has 5 heteroatoms. The minimum absolute atomic E-state index is 0.177. The van der Waals surface area contributed by atoms with Gasteiger partial charge >= 0.3 is 0 Å². The lowest BCUT2D eigenvalue weighted by Crippen LogP contribution is -2.07. The molecule has 1 atom stereocenters. The highest BCUT2D eigenvalue weighted by Gasteiger charge is 2.08. The van der Waals surface area contributed by atoms with E-state index in [0.29, 0.717) is 6.61 Å². The van der Waals surface area contributed by atoms with Crippen molar-refractivity contribution in [3.8, 4) is 5.75 Å². The number of thiazole rings is 1. The molecule has 0 spiro atoms. The van der Waals surface area contributed by atoms with Crippen molar-refractivity contribution in [2.24, 2.45) is 5.73 Å². The maximum absolute atomic E-state index is 13.8. The zero-order chi connectivity index (χ0) is 13.8. The Morgan fingerprint density at radius 3 is 2.84 bits per heavy atom. The fraction of sp³-hybridized carbons (Fsp3) is 0.357. The van der Waals surface area contributed by atoms with Gasteiger partial charge in [-0.25, -0.2) is 9.37 Å². The van der Waals surface area contributed by atoms with Gasteiger partial charge in [-0.15, -0.1) is 11.3 Å². The molecule has 1 heterocycles. The molecule has 0 saturated heterocycles. The zero-order valence-electron chi connectivity index (χ0n) is 11.0. The van der Waals surface area contributed by atoms with Gasteiger partial charge in [0.25, 0.3) is 0 Å². The Labute approximate surface area is 116 Å². The molecule has 102 valence electrons. The first-order chi connectivity index (χ1) is 9.08. The molecule has 3 nitrogen and oxygen atoms in total. The van der Waals surface area contributed by atoms with E-state index in [1.807, 2.05) is 19.4 Å². The van der Waals surface area contributed by atoms with Crippen LogP contribution >= 0.6 is 11.3 Å². The van der Waals surface area contributed by atoms with E-state index in [0.717, 1.165) is 17.7 Å². The number of rotatable bonds is 5. The van der Waals surface area contributed by atoms with Crippen LogP contribution in [0.5, 0.6) is 5.75 Å². The number of ether oxygens (including phenoxy) is 1. The number of hydrogen-bond acceptors (Lipinski definition) is 4. The summed E-state index contributed by atoms with van der Waals surface area (Å²) < 4.78 is 19.2. The molecular formula is C14H17FN2OS. The van der Waals surface area contributed by atoms with E-state index in [1.165, 1.54) is 10.9 Å². The second-order valence-corrected chi connectivity index (χ2v) is 5.38. The molecule has 1 aromatic heterocycles. The molecular weight excluding hydrogens is 263 g/mol. The average molecular weight is 280 g/mol. The van der Waals surface area contributed by atoms with E-state index in [2.05, 4.69) is 4.98 Å². The highest BCUT2D eigenvalue weighted by molar-refractivity contribution is 7.09. The topological polar surface area (TPSA) is 48.1 Å². The van der Waals surface area contributed by atoms with E-state index in [9.17, 15) is 4.39 Å². The van der Waals surface area contributed by atoms with Gasteiger partial charge in [-0.2, -0.15) is 0 Å². The van der Waals surface area contributed by atoms with Crippen LogP contribution in [0.3, 0.4) is 0 Å². The standard InChI is InChI=1S/C14H17FN2OS/c1-9(16)11-3-4-13(12(15)7-11)18-6-5-14-10(2)17-8-19-14/h3-4,7-9H,5-6,16H2,1-2H3/t9-/m1/s1. The number of benzene rings is 1. The predicted octanol–water partition coefficient (Wildman–Crippen LogP) is 3.23. The summed E-state index contributed by atoms with van der Waals surface area (Å²) in [6.07, 6.45) is 0.741. The SMILES string of the molecule is Cc1ncsc1CCOc1ccc([C@@H](C)N)cc1F. The quantitative estimate of drug-likeness (QED) is 0.914. The van der Waals surface area contributed by atoms with Gasteiger partial charge in [0.15, 0.2) is 11.6 Å². The van der Waals surface area contributed by atoms with Crippen LogP contribution in [0.25, 0.3) is 0 Å². The van der Waals surface area contributed by atoms with E-state index in [-0.39, 0.29) is 17.6 Å². The summed E-state index contributed by atoms with van der Waals surface area (Å²) in [5.41, 5.74) is 9.29. The van der Waals surface area contributed by atoms with Crippen LogP contribution in [0.15, 0.2) is 23.7 Å². The van der Waals surface area contributed by atoms with Crippen LogP contribution in [0.2, 0.25) is 0 Å². The number of hydrogen-bond donors (Lipinski definition) is 1. The van der Waals surface area contributed by atoms with Gasteiger partial charge in [-0.1, -0.05) is 6.07 Å². The maximum atomic E-state index is 13.8. The summed E-state index contributed by atoms with van der Waals surface area (Å²) in [5.74, 6) is -0.0950. The Hall–Kier alpha value is -1.46. The summed E-state index contributed by atoms with van der Waals surface area (Å²) in [6.45, 7) is 4.23. The summed E-state index contributed by atoms with van der Waals surface area (Å²) in [5, 5.41) is 0. The van der Waals surface area contributed by atoms with Crippen molar-refractivity contribution >= 4 is 11.3 Å². The van der Waals surface area contributed by atoms with Gasteiger partial charge in [0.1, 0.15) is 0 Å². The lowest BCUT2D eigenvalue weighted by atomic mass is 10.1. The molecule has 2 rings (SSSR count). The van der Waals surface area contributed by atoms with E-state index < -0.39 is 0 Å². The summed E-state index contributed by atoms with van der Waals surface area (Å²) in [6, 6.07) is 4.68. The monoisotopic (exact) mass is 280 g/mol. The second-order valence-electron chi connectivity index (χ2n) is 4.44. The number of aromatic nitrogens is 1. The lowest BCUT2D eigenvalue weighted by Gasteiger charge is -2.10. The average Bonchev–Trinajstić information content (AvgIpc) is 2.77. The molecule has 0 unspecified atom stereocenters. The highest BCUT2D eigenvalue weighted by atomic mass is 32.1. The summed E-state index contributed by atoms with van der Waals surface area (Å²) in [4.78, 5) is 5.34. The molecule has 0 saturated carbocycles. The Bertz CT molecular complexity index is 554. The van der Waals surface area contributed by atoms with Gasteiger partial charge in [0.2, 0.25) is 0 Å². The van der Waals surface area contributed by atoms with Crippen molar-refractivity contribution in [2.75, 3.05) is 6.61 Å². The molecule has 1 aromatic carbocycles. The van der Waals surface area contributed by atoms with Crippen LogP contribution in [-0.4, -0.2) is 11.6 Å². The van der Waals surface area contributed by atoms with Gasteiger partial charge in [0, 0.05) is 17.3 Å². The Kier molecular flexibility index (Phi) is 4.50. The van der Waals surface area contributed by atoms with Crippen molar-refractivity contribution in [1.29, 1.82) is 0 Å². The minimum atomic E-state index is -0.365. The smallest absolute Gasteiger partial charge is 0.165 e. The summed E-state index contributed by atoms with van der Waals surface area (Å²) in [7, 11) is 0. The van der Waals surface area contributed by atoms with Crippen molar-refractivity contribution in [2.45, 2.75) is 26.3 Å². The molecule has 19 heavy (non-hydrogen) atoms. The minimum Gasteiger partial charge on any atom is -0.490 e. The van der Waals surface area contributed by atoms with Crippen LogP contribution < -0.4 is 10.5 Å².